The van der Waals surface area contributed by atoms with Gasteiger partial charge in [-0.15, -0.1) is 0 Å². The number of carbonyl (C=O) groups is 1. The van der Waals surface area contributed by atoms with Crippen molar-refractivity contribution >= 4 is 5.97 Å². The zero-order valence-corrected chi connectivity index (χ0v) is 10.5. The van der Waals surface area contributed by atoms with Crippen LogP contribution in [0.15, 0.2) is 0 Å². The van der Waals surface area contributed by atoms with Gasteiger partial charge in [0.2, 0.25) is 0 Å². The van der Waals surface area contributed by atoms with Crippen molar-refractivity contribution in [2.45, 2.75) is 44.6 Å². The van der Waals surface area contributed by atoms with E-state index in [4.69, 9.17) is 9.47 Å². The van der Waals surface area contributed by atoms with Gasteiger partial charge in [0.1, 0.15) is 0 Å². The normalized spacial score (nSPS) is 30.1. The Morgan fingerprint density at radius 2 is 2.12 bits per heavy atom. The highest BCUT2D eigenvalue weighted by molar-refractivity contribution is 5.70. The molecule has 2 atom stereocenters. The lowest BCUT2D eigenvalue weighted by atomic mass is 9.74. The summed E-state index contributed by atoms with van der Waals surface area (Å²) in [6.07, 6.45) is 4.32. The maximum atomic E-state index is 11.2. The summed E-state index contributed by atoms with van der Waals surface area (Å²) >= 11 is 0. The Morgan fingerprint density at radius 3 is 2.71 bits per heavy atom. The van der Waals surface area contributed by atoms with E-state index in [-0.39, 0.29) is 17.4 Å². The Labute approximate surface area is 102 Å². The highest BCUT2D eigenvalue weighted by Crippen LogP contribution is 2.40. The van der Waals surface area contributed by atoms with Gasteiger partial charge >= 0.3 is 5.97 Å². The Morgan fingerprint density at radius 1 is 1.41 bits per heavy atom. The average Bonchev–Trinajstić information content (AvgIpc) is 2.30. The van der Waals surface area contributed by atoms with Gasteiger partial charge < -0.3 is 14.6 Å². The molecule has 0 saturated carbocycles. The summed E-state index contributed by atoms with van der Waals surface area (Å²) in [7, 11) is 0. The fraction of sp³-hybridized carbons (Fsp3) is 0.923. The lowest BCUT2D eigenvalue weighted by Gasteiger charge is -2.44. The minimum absolute atomic E-state index is 0.0932. The van der Waals surface area contributed by atoms with E-state index in [9.17, 15) is 9.90 Å². The molecule has 0 aromatic carbocycles. The third-order valence-electron chi connectivity index (χ3n) is 4.26. The van der Waals surface area contributed by atoms with Crippen molar-refractivity contribution in [2.75, 3.05) is 19.8 Å². The second kappa shape index (κ2) is 5.36. The lowest BCUT2D eigenvalue weighted by Crippen LogP contribution is -2.46. The van der Waals surface area contributed by atoms with Crippen molar-refractivity contribution in [3.63, 3.8) is 0 Å². The van der Waals surface area contributed by atoms with Crippen molar-refractivity contribution in [1.29, 1.82) is 0 Å². The molecule has 4 nitrogen and oxygen atoms in total. The molecule has 2 fully saturated rings. The highest BCUT2D eigenvalue weighted by atomic mass is 16.5. The summed E-state index contributed by atoms with van der Waals surface area (Å²) in [5.41, 5.74) is -0.0932. The summed E-state index contributed by atoms with van der Waals surface area (Å²) < 4.78 is 11.3. The smallest absolute Gasteiger partial charge is 0.306 e. The van der Waals surface area contributed by atoms with Crippen LogP contribution in [0.2, 0.25) is 0 Å². The molecule has 1 N–H and O–H groups in total. The highest BCUT2D eigenvalue weighted by Gasteiger charge is 2.42. The number of hydrogen-bond acceptors (Lipinski definition) is 3. The SMILES string of the molecule is CCC(C(=O)O)C1CCOC2(CCOCC2)C1. The summed E-state index contributed by atoms with van der Waals surface area (Å²) in [5, 5.41) is 9.25. The quantitative estimate of drug-likeness (QED) is 0.823. The fourth-order valence-electron chi connectivity index (χ4n) is 3.21. The molecule has 2 aliphatic heterocycles. The number of hydrogen-bond donors (Lipinski definition) is 1. The maximum Gasteiger partial charge on any atom is 0.306 e. The lowest BCUT2D eigenvalue weighted by molar-refractivity contribution is -0.163. The Bertz CT molecular complexity index is 265. The molecule has 0 aliphatic carbocycles. The van der Waals surface area contributed by atoms with Gasteiger partial charge in [-0.3, -0.25) is 4.79 Å². The summed E-state index contributed by atoms with van der Waals surface area (Å²) in [4.78, 5) is 11.2. The van der Waals surface area contributed by atoms with E-state index in [2.05, 4.69) is 0 Å². The van der Waals surface area contributed by atoms with Crippen molar-refractivity contribution in [3.8, 4) is 0 Å². The van der Waals surface area contributed by atoms with E-state index in [1.807, 2.05) is 6.92 Å². The summed E-state index contributed by atoms with van der Waals surface area (Å²) in [6, 6.07) is 0. The molecule has 2 heterocycles. The minimum atomic E-state index is -0.651. The largest absolute Gasteiger partial charge is 0.481 e. The molecule has 2 unspecified atom stereocenters. The molecule has 98 valence electrons. The molecule has 0 aromatic rings. The van der Waals surface area contributed by atoms with Crippen LogP contribution in [0.3, 0.4) is 0 Å². The molecule has 0 amide bonds. The number of ether oxygens (including phenoxy) is 2. The van der Waals surface area contributed by atoms with Crippen LogP contribution in [0.25, 0.3) is 0 Å². The average molecular weight is 242 g/mol. The van der Waals surface area contributed by atoms with E-state index >= 15 is 0 Å². The first-order chi connectivity index (χ1) is 8.17. The number of carboxylic acids is 1. The zero-order valence-electron chi connectivity index (χ0n) is 10.5. The molecule has 4 heteroatoms. The monoisotopic (exact) mass is 242 g/mol. The van der Waals surface area contributed by atoms with Gasteiger partial charge in [-0.1, -0.05) is 6.92 Å². The Hall–Kier alpha value is -0.610. The van der Waals surface area contributed by atoms with Crippen LogP contribution in [-0.4, -0.2) is 36.5 Å². The van der Waals surface area contributed by atoms with Gasteiger partial charge in [0, 0.05) is 19.8 Å². The molecule has 0 radical (unpaired) electrons. The van der Waals surface area contributed by atoms with E-state index < -0.39 is 5.97 Å². The molecule has 0 aromatic heterocycles. The minimum Gasteiger partial charge on any atom is -0.481 e. The predicted octanol–water partition coefficient (Wildman–Crippen LogP) is 2.07. The third-order valence-corrected chi connectivity index (χ3v) is 4.26. The summed E-state index contributed by atoms with van der Waals surface area (Å²) in [5.74, 6) is -0.593. The van der Waals surface area contributed by atoms with Crippen LogP contribution >= 0.6 is 0 Å². The van der Waals surface area contributed by atoms with Gasteiger partial charge in [-0.25, -0.2) is 0 Å². The van der Waals surface area contributed by atoms with Crippen LogP contribution in [0.5, 0.6) is 0 Å². The van der Waals surface area contributed by atoms with Crippen LogP contribution in [0.4, 0.5) is 0 Å². The Kier molecular flexibility index (Phi) is 4.05. The van der Waals surface area contributed by atoms with E-state index in [0.29, 0.717) is 13.0 Å². The molecule has 0 bridgehead atoms. The Balaban J connectivity index is 2.02. The standard InChI is InChI=1S/C13H22O4/c1-2-11(12(14)15)10-3-6-17-13(9-10)4-7-16-8-5-13/h10-11H,2-9H2,1H3,(H,14,15). The maximum absolute atomic E-state index is 11.2. The van der Waals surface area contributed by atoms with Crippen molar-refractivity contribution in [1.82, 2.24) is 0 Å². The number of carboxylic acid groups (broad SMARTS) is 1. The van der Waals surface area contributed by atoms with E-state index in [1.54, 1.807) is 0 Å². The molecule has 1 spiro atoms. The van der Waals surface area contributed by atoms with Crippen molar-refractivity contribution in [3.05, 3.63) is 0 Å². The molecule has 17 heavy (non-hydrogen) atoms. The topological polar surface area (TPSA) is 55.8 Å². The second-order valence-electron chi connectivity index (χ2n) is 5.25. The first kappa shape index (κ1) is 12.8. The van der Waals surface area contributed by atoms with E-state index in [0.717, 1.165) is 38.9 Å². The number of aliphatic carboxylic acids is 1. The molecule has 2 rings (SSSR count). The first-order valence-electron chi connectivity index (χ1n) is 6.61. The van der Waals surface area contributed by atoms with Crippen LogP contribution in [0.1, 0.15) is 39.0 Å². The molecular weight excluding hydrogens is 220 g/mol. The van der Waals surface area contributed by atoms with Gasteiger partial charge in [0.05, 0.1) is 11.5 Å². The zero-order chi connectivity index (χ0) is 12.3. The van der Waals surface area contributed by atoms with Crippen LogP contribution in [0, 0.1) is 11.8 Å². The third kappa shape index (κ3) is 2.80. The number of rotatable bonds is 3. The van der Waals surface area contributed by atoms with Crippen molar-refractivity contribution < 1.29 is 19.4 Å². The molecule has 2 saturated heterocycles. The van der Waals surface area contributed by atoms with Crippen LogP contribution in [-0.2, 0) is 14.3 Å². The fourth-order valence-corrected chi connectivity index (χ4v) is 3.21. The van der Waals surface area contributed by atoms with Gasteiger partial charge in [-0.2, -0.15) is 0 Å². The van der Waals surface area contributed by atoms with Gasteiger partial charge in [-0.05, 0) is 38.0 Å². The molecule has 2 aliphatic rings. The van der Waals surface area contributed by atoms with Crippen LogP contribution < -0.4 is 0 Å². The van der Waals surface area contributed by atoms with E-state index in [1.165, 1.54) is 0 Å². The van der Waals surface area contributed by atoms with Crippen molar-refractivity contribution in [2.24, 2.45) is 11.8 Å². The second-order valence-corrected chi connectivity index (χ2v) is 5.25. The summed E-state index contributed by atoms with van der Waals surface area (Å²) in [6.45, 7) is 4.16. The van der Waals surface area contributed by atoms with Gasteiger partial charge in [0.15, 0.2) is 0 Å². The first-order valence-corrected chi connectivity index (χ1v) is 6.61. The van der Waals surface area contributed by atoms with Gasteiger partial charge in [0.25, 0.3) is 0 Å². The molecular formula is C13H22O4. The predicted molar refractivity (Wildman–Crippen MR) is 62.9 cm³/mol.